The molecule has 4 atom stereocenters. The van der Waals surface area contributed by atoms with Crippen LogP contribution in [0.4, 0.5) is 0 Å². The van der Waals surface area contributed by atoms with Crippen molar-refractivity contribution in [2.24, 2.45) is 17.8 Å². The minimum Gasteiger partial charge on any atom is -0.458 e. The van der Waals surface area contributed by atoms with Crippen LogP contribution in [0.2, 0.25) is 0 Å². The molecule has 13 heavy (non-hydrogen) atoms. The molecule has 2 heteroatoms. The maximum Gasteiger partial charge on any atom is 0.306 e. The molecule has 3 rings (SSSR count). The maximum absolute atomic E-state index is 11.3. The zero-order chi connectivity index (χ0) is 9.05. The maximum atomic E-state index is 11.3. The summed E-state index contributed by atoms with van der Waals surface area (Å²) >= 11 is 0. The van der Waals surface area contributed by atoms with Crippen molar-refractivity contribution in [3.05, 3.63) is 0 Å². The minimum absolute atomic E-state index is 0.0104. The van der Waals surface area contributed by atoms with Crippen LogP contribution in [-0.4, -0.2) is 11.6 Å². The molecule has 1 aliphatic heterocycles. The molecule has 0 aromatic carbocycles. The lowest BCUT2D eigenvalue weighted by Crippen LogP contribution is -2.33. The van der Waals surface area contributed by atoms with E-state index < -0.39 is 0 Å². The van der Waals surface area contributed by atoms with Gasteiger partial charge in [0.2, 0.25) is 0 Å². The predicted molar refractivity (Wildman–Crippen MR) is 48.1 cm³/mol. The van der Waals surface area contributed by atoms with E-state index >= 15 is 0 Å². The standard InChI is InChI=1S/C11H16O2/c1-7-4-8-2-3-9-5-10(12)13-11(8,9)6-7/h7-9H,2-6H2,1H3/t7?,8-,9?,11?/m0/s1. The van der Waals surface area contributed by atoms with E-state index in [2.05, 4.69) is 6.92 Å². The normalized spacial score (nSPS) is 53.3. The van der Waals surface area contributed by atoms with Crippen molar-refractivity contribution in [3.8, 4) is 0 Å². The van der Waals surface area contributed by atoms with E-state index in [1.807, 2.05) is 0 Å². The molecular weight excluding hydrogens is 164 g/mol. The van der Waals surface area contributed by atoms with Gasteiger partial charge in [-0.1, -0.05) is 6.92 Å². The monoisotopic (exact) mass is 180 g/mol. The lowest BCUT2D eigenvalue weighted by Gasteiger charge is -2.27. The van der Waals surface area contributed by atoms with Crippen LogP contribution >= 0.6 is 0 Å². The van der Waals surface area contributed by atoms with Gasteiger partial charge in [0.25, 0.3) is 0 Å². The van der Waals surface area contributed by atoms with Gasteiger partial charge in [-0.15, -0.1) is 0 Å². The van der Waals surface area contributed by atoms with Crippen LogP contribution in [0.5, 0.6) is 0 Å². The Morgan fingerprint density at radius 1 is 1.38 bits per heavy atom. The van der Waals surface area contributed by atoms with Crippen LogP contribution in [0.15, 0.2) is 0 Å². The fraction of sp³-hybridized carbons (Fsp3) is 0.909. The average molecular weight is 180 g/mol. The Morgan fingerprint density at radius 2 is 2.15 bits per heavy atom. The lowest BCUT2D eigenvalue weighted by atomic mass is 9.86. The van der Waals surface area contributed by atoms with Crippen LogP contribution in [0, 0.1) is 17.8 Å². The summed E-state index contributed by atoms with van der Waals surface area (Å²) in [5, 5.41) is 0. The number of carbonyl (C=O) groups is 1. The molecule has 0 amide bonds. The van der Waals surface area contributed by atoms with Crippen LogP contribution in [0.25, 0.3) is 0 Å². The average Bonchev–Trinajstić information content (AvgIpc) is 2.56. The molecule has 0 aromatic rings. The number of esters is 1. The van der Waals surface area contributed by atoms with Crippen LogP contribution in [0.1, 0.15) is 39.0 Å². The Kier molecular flexibility index (Phi) is 1.38. The Bertz CT molecular complexity index is 261. The Balaban J connectivity index is 1.96. The number of hydrogen-bond acceptors (Lipinski definition) is 2. The zero-order valence-corrected chi connectivity index (χ0v) is 8.08. The van der Waals surface area contributed by atoms with E-state index in [1.165, 1.54) is 19.3 Å². The topological polar surface area (TPSA) is 26.3 Å². The summed E-state index contributed by atoms with van der Waals surface area (Å²) < 4.78 is 5.63. The Hall–Kier alpha value is -0.530. The van der Waals surface area contributed by atoms with Gasteiger partial charge in [-0.25, -0.2) is 0 Å². The van der Waals surface area contributed by atoms with Gasteiger partial charge in [0.05, 0.1) is 6.42 Å². The van der Waals surface area contributed by atoms with E-state index in [9.17, 15) is 4.79 Å². The summed E-state index contributed by atoms with van der Waals surface area (Å²) in [7, 11) is 0. The molecule has 0 radical (unpaired) electrons. The fourth-order valence-electron chi connectivity index (χ4n) is 3.93. The molecule has 2 saturated carbocycles. The third kappa shape index (κ3) is 0.866. The first-order valence-corrected chi connectivity index (χ1v) is 5.42. The molecule has 3 fully saturated rings. The summed E-state index contributed by atoms with van der Waals surface area (Å²) in [5.41, 5.74) is 0.0104. The van der Waals surface area contributed by atoms with Gasteiger partial charge in [-0.2, -0.15) is 0 Å². The molecule has 1 spiro atoms. The first kappa shape index (κ1) is 7.84. The summed E-state index contributed by atoms with van der Waals surface area (Å²) in [5.74, 6) is 2.08. The third-order valence-corrected chi connectivity index (χ3v) is 4.32. The van der Waals surface area contributed by atoms with Crippen molar-refractivity contribution in [2.45, 2.75) is 44.6 Å². The van der Waals surface area contributed by atoms with Gasteiger partial charge >= 0.3 is 5.97 Å². The van der Waals surface area contributed by atoms with Gasteiger partial charge in [0, 0.05) is 5.92 Å². The minimum atomic E-state index is 0.0104. The van der Waals surface area contributed by atoms with Gasteiger partial charge < -0.3 is 4.74 Å². The predicted octanol–water partition coefficient (Wildman–Crippen LogP) is 2.13. The van der Waals surface area contributed by atoms with Crippen molar-refractivity contribution in [3.63, 3.8) is 0 Å². The van der Waals surface area contributed by atoms with Gasteiger partial charge in [-0.05, 0) is 37.5 Å². The molecule has 0 bridgehead atoms. The van der Waals surface area contributed by atoms with E-state index in [0.717, 1.165) is 12.3 Å². The Labute approximate surface area is 78.6 Å². The number of carbonyl (C=O) groups excluding carboxylic acids is 1. The van der Waals surface area contributed by atoms with Gasteiger partial charge in [-0.3, -0.25) is 4.79 Å². The first-order valence-electron chi connectivity index (χ1n) is 5.42. The van der Waals surface area contributed by atoms with Crippen LogP contribution in [-0.2, 0) is 9.53 Å². The van der Waals surface area contributed by atoms with E-state index in [0.29, 0.717) is 18.3 Å². The van der Waals surface area contributed by atoms with Crippen molar-refractivity contribution >= 4 is 5.97 Å². The third-order valence-electron chi connectivity index (χ3n) is 4.32. The highest BCUT2D eigenvalue weighted by Crippen LogP contribution is 2.58. The van der Waals surface area contributed by atoms with Gasteiger partial charge in [0.1, 0.15) is 5.60 Å². The van der Waals surface area contributed by atoms with Crippen molar-refractivity contribution in [1.82, 2.24) is 0 Å². The number of ether oxygens (including phenoxy) is 1. The highest BCUT2D eigenvalue weighted by atomic mass is 16.6. The van der Waals surface area contributed by atoms with E-state index in [1.54, 1.807) is 0 Å². The summed E-state index contributed by atoms with van der Waals surface area (Å²) in [6, 6.07) is 0. The molecule has 1 saturated heterocycles. The summed E-state index contributed by atoms with van der Waals surface area (Å²) in [6.45, 7) is 2.29. The molecular formula is C11H16O2. The van der Waals surface area contributed by atoms with Crippen molar-refractivity contribution in [1.29, 1.82) is 0 Å². The second-order valence-electron chi connectivity index (χ2n) is 5.15. The summed E-state index contributed by atoms with van der Waals surface area (Å²) in [4.78, 5) is 11.3. The molecule has 0 aromatic heterocycles. The molecule has 2 nitrogen and oxygen atoms in total. The van der Waals surface area contributed by atoms with Gasteiger partial charge in [0.15, 0.2) is 0 Å². The summed E-state index contributed by atoms with van der Waals surface area (Å²) in [6.07, 6.45) is 5.63. The highest BCUT2D eigenvalue weighted by molar-refractivity contribution is 5.73. The molecule has 72 valence electrons. The SMILES string of the molecule is CC1C[C@@H]2CCC3CC(=O)OC32C1. The quantitative estimate of drug-likeness (QED) is 0.534. The molecule has 3 aliphatic rings. The van der Waals surface area contributed by atoms with Crippen LogP contribution in [0.3, 0.4) is 0 Å². The lowest BCUT2D eigenvalue weighted by molar-refractivity contribution is -0.151. The smallest absolute Gasteiger partial charge is 0.306 e. The second-order valence-corrected chi connectivity index (χ2v) is 5.15. The molecule has 0 N–H and O–H groups in total. The molecule has 2 aliphatic carbocycles. The highest BCUT2D eigenvalue weighted by Gasteiger charge is 2.61. The fourth-order valence-corrected chi connectivity index (χ4v) is 3.93. The van der Waals surface area contributed by atoms with Crippen molar-refractivity contribution < 1.29 is 9.53 Å². The Morgan fingerprint density at radius 3 is 3.00 bits per heavy atom. The largest absolute Gasteiger partial charge is 0.458 e. The number of hydrogen-bond donors (Lipinski definition) is 0. The van der Waals surface area contributed by atoms with E-state index in [4.69, 9.17) is 4.74 Å². The van der Waals surface area contributed by atoms with Crippen molar-refractivity contribution in [2.75, 3.05) is 0 Å². The second kappa shape index (κ2) is 2.28. The molecule has 1 heterocycles. The van der Waals surface area contributed by atoms with E-state index in [-0.39, 0.29) is 11.6 Å². The number of rotatable bonds is 0. The molecule has 3 unspecified atom stereocenters. The first-order chi connectivity index (χ1) is 6.21. The zero-order valence-electron chi connectivity index (χ0n) is 8.08. The van der Waals surface area contributed by atoms with Crippen LogP contribution < -0.4 is 0 Å².